The van der Waals surface area contributed by atoms with E-state index in [4.69, 9.17) is 4.55 Å². The van der Waals surface area contributed by atoms with Gasteiger partial charge < -0.3 is 0 Å². The van der Waals surface area contributed by atoms with Crippen LogP contribution in [0.4, 0.5) is 0 Å². The molecule has 0 spiro atoms. The molecule has 0 saturated carbocycles. The Morgan fingerprint density at radius 3 is 1.82 bits per heavy atom. The summed E-state index contributed by atoms with van der Waals surface area (Å²) < 4.78 is 30.2. The van der Waals surface area contributed by atoms with Gasteiger partial charge in [0.05, 0.1) is 5.25 Å². The molecule has 0 rings (SSSR count). The van der Waals surface area contributed by atoms with Crippen LogP contribution < -0.4 is 0 Å². The predicted molar refractivity (Wildman–Crippen MR) is 45.1 cm³/mol. The molecule has 4 heteroatoms. The largest absolute Gasteiger partial charge is 0.285 e. The van der Waals surface area contributed by atoms with Crippen molar-refractivity contribution in [1.29, 1.82) is 0 Å². The first-order valence-corrected chi connectivity index (χ1v) is 5.40. The fourth-order valence-electron chi connectivity index (χ4n) is 1.17. The quantitative estimate of drug-likeness (QED) is 0.670. The Hall–Kier alpha value is -0.0900. The van der Waals surface area contributed by atoms with Crippen LogP contribution in [0.3, 0.4) is 0 Å². The van der Waals surface area contributed by atoms with Gasteiger partial charge in [-0.3, -0.25) is 4.55 Å². The van der Waals surface area contributed by atoms with Crippen molar-refractivity contribution in [3.05, 3.63) is 0 Å². The van der Waals surface area contributed by atoms with E-state index in [0.29, 0.717) is 6.42 Å². The first kappa shape index (κ1) is 10.9. The molecule has 11 heavy (non-hydrogen) atoms. The highest BCUT2D eigenvalue weighted by Crippen LogP contribution is 2.17. The Kier molecular flexibility index (Phi) is 4.03. The van der Waals surface area contributed by atoms with Crippen LogP contribution in [0.5, 0.6) is 0 Å². The van der Waals surface area contributed by atoms with Gasteiger partial charge in [0.25, 0.3) is 10.1 Å². The fourth-order valence-corrected chi connectivity index (χ4v) is 2.37. The molecule has 0 aromatic rings. The van der Waals surface area contributed by atoms with E-state index in [9.17, 15) is 8.42 Å². The molecule has 1 N–H and O–H groups in total. The monoisotopic (exact) mass is 180 g/mol. The van der Waals surface area contributed by atoms with E-state index in [0.717, 1.165) is 6.42 Å². The van der Waals surface area contributed by atoms with Gasteiger partial charge in [0.15, 0.2) is 0 Å². The molecule has 0 amide bonds. The van der Waals surface area contributed by atoms with Gasteiger partial charge in [-0.15, -0.1) is 0 Å². The molecule has 0 aliphatic carbocycles. The van der Waals surface area contributed by atoms with Crippen molar-refractivity contribution in [3.8, 4) is 0 Å². The van der Waals surface area contributed by atoms with Crippen molar-refractivity contribution in [2.24, 2.45) is 5.92 Å². The summed E-state index contributed by atoms with van der Waals surface area (Å²) >= 11 is 0. The molecule has 0 radical (unpaired) electrons. The molecule has 0 fully saturated rings. The lowest BCUT2D eigenvalue weighted by Crippen LogP contribution is -2.26. The molecule has 0 aromatic heterocycles. The van der Waals surface area contributed by atoms with Crippen LogP contribution in [-0.4, -0.2) is 18.2 Å². The third kappa shape index (κ3) is 3.20. The van der Waals surface area contributed by atoms with Crippen LogP contribution in [0.15, 0.2) is 0 Å². The zero-order valence-electron chi connectivity index (χ0n) is 7.24. The summed E-state index contributed by atoms with van der Waals surface area (Å²) in [6.45, 7) is 5.52. The molecular formula is C7H16O3S. The van der Waals surface area contributed by atoms with Crippen LogP contribution in [0, 0.1) is 5.92 Å². The highest BCUT2D eigenvalue weighted by atomic mass is 32.2. The first-order chi connectivity index (χ1) is 4.93. The summed E-state index contributed by atoms with van der Waals surface area (Å²) in [7, 11) is -3.83. The average molecular weight is 180 g/mol. The third-order valence-corrected chi connectivity index (χ3v) is 3.63. The van der Waals surface area contributed by atoms with E-state index in [-0.39, 0.29) is 5.92 Å². The van der Waals surface area contributed by atoms with Gasteiger partial charge in [0, 0.05) is 0 Å². The molecule has 0 heterocycles. The Morgan fingerprint density at radius 1 is 1.27 bits per heavy atom. The molecular weight excluding hydrogens is 164 g/mol. The van der Waals surface area contributed by atoms with Crippen LogP contribution >= 0.6 is 0 Å². The van der Waals surface area contributed by atoms with Gasteiger partial charge in [-0.1, -0.05) is 27.2 Å². The summed E-state index contributed by atoms with van der Waals surface area (Å²) in [6.07, 6.45) is 1.26. The maximum absolute atomic E-state index is 10.7. The number of hydrogen-bond acceptors (Lipinski definition) is 2. The van der Waals surface area contributed by atoms with E-state index in [1.807, 2.05) is 13.8 Å². The van der Waals surface area contributed by atoms with Gasteiger partial charge in [-0.2, -0.15) is 8.42 Å². The normalized spacial score (nSPS) is 17.8. The van der Waals surface area contributed by atoms with Crippen LogP contribution in [-0.2, 0) is 10.1 Å². The smallest absolute Gasteiger partial charge is 0.268 e. The van der Waals surface area contributed by atoms with E-state index in [2.05, 4.69) is 0 Å². The predicted octanol–water partition coefficient (Wildman–Crippen LogP) is 1.70. The SMILES string of the molecule is CCC([C@@H](C)CC)S(=O)(=O)O. The maximum atomic E-state index is 10.7. The molecule has 0 aliphatic rings. The van der Waals surface area contributed by atoms with E-state index in [1.165, 1.54) is 0 Å². The minimum Gasteiger partial charge on any atom is -0.285 e. The highest BCUT2D eigenvalue weighted by molar-refractivity contribution is 7.86. The fraction of sp³-hybridized carbons (Fsp3) is 1.00. The summed E-state index contributed by atoms with van der Waals surface area (Å²) in [5, 5.41) is -0.590. The second kappa shape index (κ2) is 4.07. The molecule has 3 nitrogen and oxygen atoms in total. The number of hydrogen-bond donors (Lipinski definition) is 1. The summed E-state index contributed by atoms with van der Waals surface area (Å²) in [6, 6.07) is 0. The van der Waals surface area contributed by atoms with Gasteiger partial charge >= 0.3 is 0 Å². The number of rotatable bonds is 4. The Morgan fingerprint density at radius 2 is 1.73 bits per heavy atom. The molecule has 0 aliphatic heterocycles. The lowest BCUT2D eigenvalue weighted by Gasteiger charge is -2.17. The van der Waals surface area contributed by atoms with E-state index < -0.39 is 15.4 Å². The van der Waals surface area contributed by atoms with Crippen molar-refractivity contribution in [2.45, 2.75) is 38.9 Å². The summed E-state index contributed by atoms with van der Waals surface area (Å²) in [4.78, 5) is 0. The zero-order valence-corrected chi connectivity index (χ0v) is 8.06. The highest BCUT2D eigenvalue weighted by Gasteiger charge is 2.25. The van der Waals surface area contributed by atoms with Crippen LogP contribution in [0.1, 0.15) is 33.6 Å². The minimum absolute atomic E-state index is 0.0370. The average Bonchev–Trinajstić information content (AvgIpc) is 1.86. The molecule has 0 bridgehead atoms. The van der Waals surface area contributed by atoms with Crippen molar-refractivity contribution >= 4 is 10.1 Å². The lowest BCUT2D eigenvalue weighted by atomic mass is 10.0. The van der Waals surface area contributed by atoms with Crippen molar-refractivity contribution in [3.63, 3.8) is 0 Å². The lowest BCUT2D eigenvalue weighted by molar-refractivity contribution is 0.421. The topological polar surface area (TPSA) is 54.4 Å². The van der Waals surface area contributed by atoms with Crippen LogP contribution in [0.2, 0.25) is 0 Å². The summed E-state index contributed by atoms with van der Waals surface area (Å²) in [5.41, 5.74) is 0. The van der Waals surface area contributed by atoms with Crippen LogP contribution in [0.25, 0.3) is 0 Å². The first-order valence-electron chi connectivity index (χ1n) is 3.89. The second-order valence-electron chi connectivity index (χ2n) is 2.85. The van der Waals surface area contributed by atoms with Gasteiger partial charge in [-0.25, -0.2) is 0 Å². The van der Waals surface area contributed by atoms with Gasteiger partial charge in [0.1, 0.15) is 0 Å². The maximum Gasteiger partial charge on any atom is 0.268 e. The molecule has 0 aromatic carbocycles. The van der Waals surface area contributed by atoms with Crippen molar-refractivity contribution < 1.29 is 13.0 Å². The molecule has 1 unspecified atom stereocenters. The molecule has 2 atom stereocenters. The molecule has 68 valence electrons. The standard InChI is InChI=1S/C7H16O3S/c1-4-6(3)7(5-2)11(8,9)10/h6-7H,4-5H2,1-3H3,(H,8,9,10)/t6-,7?/m0/s1. The Bertz CT molecular complexity index is 196. The van der Waals surface area contributed by atoms with Crippen molar-refractivity contribution in [2.75, 3.05) is 0 Å². The van der Waals surface area contributed by atoms with E-state index >= 15 is 0 Å². The Labute approximate surface area is 68.6 Å². The molecule has 0 saturated heterocycles. The summed E-state index contributed by atoms with van der Waals surface area (Å²) in [5.74, 6) is 0.0370. The zero-order chi connectivity index (χ0) is 9.07. The Balaban J connectivity index is 4.42. The minimum atomic E-state index is -3.83. The second-order valence-corrected chi connectivity index (χ2v) is 4.48. The van der Waals surface area contributed by atoms with Gasteiger partial charge in [-0.05, 0) is 12.3 Å². The third-order valence-electron chi connectivity index (χ3n) is 2.06. The van der Waals surface area contributed by atoms with E-state index in [1.54, 1.807) is 6.92 Å². The van der Waals surface area contributed by atoms with Gasteiger partial charge in [0.2, 0.25) is 0 Å². The van der Waals surface area contributed by atoms with Crippen molar-refractivity contribution in [1.82, 2.24) is 0 Å².